The fourth-order valence-electron chi connectivity index (χ4n) is 1.63. The van der Waals surface area contributed by atoms with Gasteiger partial charge in [-0.25, -0.2) is 0 Å². The minimum absolute atomic E-state index is 0.227. The number of nitrogens with zero attached hydrogens (tertiary/aromatic N) is 2. The number of carbonyl (C=O) groups is 1. The largest absolute Gasteiger partial charge is 0.370 e. The van der Waals surface area contributed by atoms with Gasteiger partial charge in [-0.15, -0.1) is 0 Å². The topological polar surface area (TPSA) is 72.9 Å². The van der Waals surface area contributed by atoms with E-state index in [-0.39, 0.29) is 5.91 Å². The Bertz CT molecular complexity index is 389. The predicted molar refractivity (Wildman–Crippen MR) is 70.4 cm³/mol. The summed E-state index contributed by atoms with van der Waals surface area (Å²) in [4.78, 5) is 10.5. The quantitative estimate of drug-likeness (QED) is 0.744. The number of rotatable bonds is 7. The normalized spacial score (nSPS) is 10.8. The van der Waals surface area contributed by atoms with Gasteiger partial charge in [0.05, 0.1) is 15.9 Å². The number of halogens is 1. The SMILES string of the molecule is Cc1nn(C)c(CNCCCCC(N)=O)c1Br. The average Bonchev–Trinajstić information content (AvgIpc) is 2.48. The molecule has 1 aromatic heterocycles. The number of hydrogen-bond acceptors (Lipinski definition) is 3. The predicted octanol–water partition coefficient (Wildman–Crippen LogP) is 1.24. The third-order valence-corrected chi connectivity index (χ3v) is 3.61. The van der Waals surface area contributed by atoms with Crippen LogP contribution in [0.4, 0.5) is 0 Å². The first-order chi connectivity index (χ1) is 8.02. The number of aromatic nitrogens is 2. The first-order valence-corrected chi connectivity index (χ1v) is 6.48. The van der Waals surface area contributed by atoms with Crippen molar-refractivity contribution >= 4 is 21.8 Å². The van der Waals surface area contributed by atoms with E-state index in [0.717, 1.165) is 41.8 Å². The molecule has 5 nitrogen and oxygen atoms in total. The minimum atomic E-state index is -0.227. The van der Waals surface area contributed by atoms with Gasteiger partial charge in [0.1, 0.15) is 0 Å². The smallest absolute Gasteiger partial charge is 0.217 e. The molecule has 0 atom stereocenters. The van der Waals surface area contributed by atoms with Gasteiger partial charge >= 0.3 is 0 Å². The molecule has 3 N–H and O–H groups in total. The summed E-state index contributed by atoms with van der Waals surface area (Å²) >= 11 is 3.52. The zero-order valence-corrected chi connectivity index (χ0v) is 11.9. The minimum Gasteiger partial charge on any atom is -0.370 e. The summed E-state index contributed by atoms with van der Waals surface area (Å²) in [5.41, 5.74) is 7.20. The van der Waals surface area contributed by atoms with E-state index in [2.05, 4.69) is 26.3 Å². The number of amides is 1. The molecule has 1 rings (SSSR count). The van der Waals surface area contributed by atoms with Gasteiger partial charge in [-0.1, -0.05) is 0 Å². The second-order valence-corrected chi connectivity index (χ2v) is 4.86. The molecule has 0 bridgehead atoms. The van der Waals surface area contributed by atoms with Gasteiger partial charge in [0.25, 0.3) is 0 Å². The van der Waals surface area contributed by atoms with Gasteiger partial charge < -0.3 is 11.1 Å². The van der Waals surface area contributed by atoms with Crippen LogP contribution in [0.25, 0.3) is 0 Å². The van der Waals surface area contributed by atoms with Gasteiger partial charge in [-0.2, -0.15) is 5.10 Å². The molecule has 0 spiro atoms. The lowest BCUT2D eigenvalue weighted by Gasteiger charge is -2.05. The molecule has 0 aliphatic rings. The molecule has 0 saturated heterocycles. The van der Waals surface area contributed by atoms with E-state index in [0.29, 0.717) is 6.42 Å². The van der Waals surface area contributed by atoms with Crippen LogP contribution in [0, 0.1) is 6.92 Å². The van der Waals surface area contributed by atoms with Crippen molar-refractivity contribution in [1.82, 2.24) is 15.1 Å². The van der Waals surface area contributed by atoms with Crippen LogP contribution in [0.2, 0.25) is 0 Å². The molecule has 6 heteroatoms. The Morgan fingerprint density at radius 1 is 1.53 bits per heavy atom. The summed E-state index contributed by atoms with van der Waals surface area (Å²) in [6.45, 7) is 3.62. The highest BCUT2D eigenvalue weighted by Gasteiger charge is 2.09. The summed E-state index contributed by atoms with van der Waals surface area (Å²) in [6.07, 6.45) is 2.27. The van der Waals surface area contributed by atoms with Crippen LogP contribution >= 0.6 is 15.9 Å². The summed E-state index contributed by atoms with van der Waals surface area (Å²) in [7, 11) is 1.93. The highest BCUT2D eigenvalue weighted by Crippen LogP contribution is 2.19. The number of aryl methyl sites for hydroxylation is 2. The van der Waals surface area contributed by atoms with E-state index >= 15 is 0 Å². The highest BCUT2D eigenvalue weighted by atomic mass is 79.9. The van der Waals surface area contributed by atoms with Crippen molar-refractivity contribution in [2.24, 2.45) is 12.8 Å². The van der Waals surface area contributed by atoms with Crippen LogP contribution < -0.4 is 11.1 Å². The van der Waals surface area contributed by atoms with Crippen LogP contribution in [0.3, 0.4) is 0 Å². The number of hydrogen-bond donors (Lipinski definition) is 2. The van der Waals surface area contributed by atoms with Crippen LogP contribution in [0.5, 0.6) is 0 Å². The third kappa shape index (κ3) is 4.47. The van der Waals surface area contributed by atoms with Crippen LogP contribution in [0.1, 0.15) is 30.7 Å². The molecule has 0 saturated carbocycles. The average molecular weight is 303 g/mol. The van der Waals surface area contributed by atoms with Crippen LogP contribution in [-0.4, -0.2) is 22.2 Å². The number of primary amides is 1. The maximum Gasteiger partial charge on any atom is 0.217 e. The Morgan fingerprint density at radius 2 is 2.24 bits per heavy atom. The Labute approximate surface area is 110 Å². The van der Waals surface area contributed by atoms with E-state index in [9.17, 15) is 4.79 Å². The first kappa shape index (κ1) is 14.2. The summed E-state index contributed by atoms with van der Waals surface area (Å²) in [5.74, 6) is -0.227. The Kier molecular flexibility index (Phi) is 5.64. The summed E-state index contributed by atoms with van der Waals surface area (Å²) in [5, 5.41) is 7.64. The zero-order chi connectivity index (χ0) is 12.8. The van der Waals surface area contributed by atoms with Crippen LogP contribution in [0.15, 0.2) is 4.47 Å². The summed E-state index contributed by atoms with van der Waals surface area (Å²) in [6, 6.07) is 0. The molecule has 17 heavy (non-hydrogen) atoms. The van der Waals surface area contributed by atoms with Crippen molar-refractivity contribution in [3.05, 3.63) is 15.9 Å². The standard InChI is InChI=1S/C11H19BrN4O/c1-8-11(12)9(16(2)15-8)7-14-6-4-3-5-10(13)17/h14H,3-7H2,1-2H3,(H2,13,17). The molecule has 1 amide bonds. The second-order valence-electron chi connectivity index (χ2n) is 4.07. The van der Waals surface area contributed by atoms with Gasteiger partial charge in [0.15, 0.2) is 0 Å². The van der Waals surface area contributed by atoms with E-state index in [1.54, 1.807) is 0 Å². The lowest BCUT2D eigenvalue weighted by molar-refractivity contribution is -0.118. The van der Waals surface area contributed by atoms with E-state index in [1.165, 1.54) is 0 Å². The molecule has 0 unspecified atom stereocenters. The van der Waals surface area contributed by atoms with Crippen molar-refractivity contribution in [2.75, 3.05) is 6.54 Å². The number of nitrogens with two attached hydrogens (primary N) is 1. The van der Waals surface area contributed by atoms with E-state index in [4.69, 9.17) is 5.73 Å². The van der Waals surface area contributed by atoms with Crippen LogP contribution in [-0.2, 0) is 18.4 Å². The zero-order valence-electron chi connectivity index (χ0n) is 10.3. The lowest BCUT2D eigenvalue weighted by Crippen LogP contribution is -2.18. The molecule has 0 aliphatic carbocycles. The van der Waals surface area contributed by atoms with Gasteiger partial charge in [0.2, 0.25) is 5.91 Å². The van der Waals surface area contributed by atoms with Crippen molar-refractivity contribution in [3.8, 4) is 0 Å². The van der Waals surface area contributed by atoms with Crippen molar-refractivity contribution < 1.29 is 4.79 Å². The first-order valence-electron chi connectivity index (χ1n) is 5.69. The fraction of sp³-hybridized carbons (Fsp3) is 0.636. The monoisotopic (exact) mass is 302 g/mol. The Morgan fingerprint density at radius 3 is 2.76 bits per heavy atom. The lowest BCUT2D eigenvalue weighted by atomic mass is 10.2. The van der Waals surface area contributed by atoms with Gasteiger partial charge in [0, 0.05) is 20.0 Å². The highest BCUT2D eigenvalue weighted by molar-refractivity contribution is 9.10. The van der Waals surface area contributed by atoms with E-state index in [1.807, 2.05) is 18.7 Å². The van der Waals surface area contributed by atoms with Crippen molar-refractivity contribution in [2.45, 2.75) is 32.7 Å². The molecule has 0 radical (unpaired) electrons. The van der Waals surface area contributed by atoms with Crippen molar-refractivity contribution in [1.29, 1.82) is 0 Å². The molecule has 0 aliphatic heterocycles. The molecular weight excluding hydrogens is 284 g/mol. The molecule has 1 aromatic rings. The van der Waals surface area contributed by atoms with Crippen molar-refractivity contribution in [3.63, 3.8) is 0 Å². The van der Waals surface area contributed by atoms with Gasteiger partial charge in [-0.05, 0) is 42.2 Å². The second kappa shape index (κ2) is 6.76. The molecular formula is C11H19BrN4O. The van der Waals surface area contributed by atoms with Gasteiger partial charge in [-0.3, -0.25) is 9.48 Å². The third-order valence-electron chi connectivity index (χ3n) is 2.58. The Balaban J connectivity index is 2.24. The summed E-state index contributed by atoms with van der Waals surface area (Å²) < 4.78 is 2.93. The molecule has 96 valence electrons. The molecule has 0 aromatic carbocycles. The number of carbonyl (C=O) groups excluding carboxylic acids is 1. The number of nitrogens with one attached hydrogen (secondary N) is 1. The molecule has 0 fully saturated rings. The maximum absolute atomic E-state index is 10.5. The molecule has 1 heterocycles. The number of unbranched alkanes of at least 4 members (excludes halogenated alkanes) is 1. The Hall–Kier alpha value is -0.880. The fourth-order valence-corrected chi connectivity index (χ4v) is 2.10. The maximum atomic E-state index is 10.5. The van der Waals surface area contributed by atoms with E-state index < -0.39 is 0 Å².